The van der Waals surface area contributed by atoms with Crippen molar-refractivity contribution in [2.24, 2.45) is 0 Å². The van der Waals surface area contributed by atoms with E-state index in [1.54, 1.807) is 25.3 Å². The number of carbonyl (C=O) groups is 2. The van der Waals surface area contributed by atoms with Gasteiger partial charge in [0.25, 0.3) is 5.91 Å². The first kappa shape index (κ1) is 18.8. The molecule has 1 unspecified atom stereocenters. The number of rotatable bonds is 4. The minimum Gasteiger partial charge on any atom is -0.326 e. The lowest BCUT2D eigenvalue weighted by atomic mass is 10.00. The Morgan fingerprint density at radius 1 is 1.21 bits per heavy atom. The van der Waals surface area contributed by atoms with Gasteiger partial charge >= 0.3 is 6.03 Å². The number of benzene rings is 2. The number of amides is 3. The minimum absolute atomic E-state index is 0.334. The van der Waals surface area contributed by atoms with E-state index >= 15 is 0 Å². The number of allylic oxidation sites excluding steroid dienone is 1. The number of aromatic amines is 1. The lowest BCUT2D eigenvalue weighted by Gasteiger charge is -2.28. The number of aromatic nitrogens is 2. The summed E-state index contributed by atoms with van der Waals surface area (Å²) in [6, 6.07) is 13.7. The van der Waals surface area contributed by atoms with Crippen molar-refractivity contribution in [2.45, 2.75) is 13.0 Å². The van der Waals surface area contributed by atoms with Crippen LogP contribution in [0.1, 0.15) is 12.5 Å². The van der Waals surface area contributed by atoms with Gasteiger partial charge in [0.2, 0.25) is 0 Å². The lowest BCUT2D eigenvalue weighted by Crippen LogP contribution is -2.50. The van der Waals surface area contributed by atoms with Gasteiger partial charge < -0.3 is 16.0 Å². The number of hydrogen-bond acceptors (Lipinski definition) is 3. The topological polar surface area (TPSA) is 98.9 Å². The van der Waals surface area contributed by atoms with Gasteiger partial charge in [0.1, 0.15) is 0 Å². The van der Waals surface area contributed by atoms with E-state index < -0.39 is 12.1 Å². The van der Waals surface area contributed by atoms with Gasteiger partial charge in [0.05, 0.1) is 23.3 Å². The minimum atomic E-state index is -0.761. The molecule has 0 aliphatic carbocycles. The molecular formula is C21H18ClN5O2. The van der Waals surface area contributed by atoms with Gasteiger partial charge in [-0.15, -0.1) is 0 Å². The molecule has 0 spiro atoms. The first-order valence-electron chi connectivity index (χ1n) is 8.96. The summed E-state index contributed by atoms with van der Waals surface area (Å²) in [6.07, 6.45) is 3.41. The number of fused-ring (bicyclic) bond motifs is 1. The number of carbonyl (C=O) groups excluding carboxylic acids is 2. The molecule has 3 aromatic rings. The number of hydrogen-bond donors (Lipinski definition) is 4. The highest BCUT2D eigenvalue weighted by Gasteiger charge is 2.32. The van der Waals surface area contributed by atoms with E-state index in [9.17, 15) is 9.59 Å². The average molecular weight is 408 g/mol. The van der Waals surface area contributed by atoms with E-state index in [0.717, 1.165) is 16.5 Å². The van der Waals surface area contributed by atoms with Gasteiger partial charge in [0, 0.05) is 21.8 Å². The molecule has 146 valence electrons. The first-order valence-corrected chi connectivity index (χ1v) is 9.34. The summed E-state index contributed by atoms with van der Waals surface area (Å²) in [5, 5.41) is 16.3. The van der Waals surface area contributed by atoms with Gasteiger partial charge in [-0.2, -0.15) is 5.10 Å². The normalized spacial score (nSPS) is 17.1. The molecule has 29 heavy (non-hydrogen) atoms. The van der Waals surface area contributed by atoms with Gasteiger partial charge in [-0.25, -0.2) is 4.79 Å². The molecule has 3 amide bonds. The Morgan fingerprint density at radius 2 is 2.00 bits per heavy atom. The van der Waals surface area contributed by atoms with E-state index in [0.29, 0.717) is 22.0 Å². The molecule has 1 aliphatic heterocycles. The lowest BCUT2D eigenvalue weighted by molar-refractivity contribution is -0.113. The zero-order valence-electron chi connectivity index (χ0n) is 15.5. The van der Waals surface area contributed by atoms with Crippen LogP contribution >= 0.6 is 11.6 Å². The number of urea groups is 1. The number of H-pyrrole nitrogens is 1. The van der Waals surface area contributed by atoms with Crippen molar-refractivity contribution in [3.05, 3.63) is 76.6 Å². The van der Waals surface area contributed by atoms with Crippen molar-refractivity contribution in [3.8, 4) is 0 Å². The molecule has 0 saturated carbocycles. The molecule has 2 aromatic carbocycles. The maximum Gasteiger partial charge on any atom is 0.319 e. The molecule has 1 aromatic heterocycles. The van der Waals surface area contributed by atoms with Crippen LogP contribution in [-0.2, 0) is 4.79 Å². The van der Waals surface area contributed by atoms with E-state index in [1.807, 2.05) is 42.5 Å². The molecule has 7 nitrogen and oxygen atoms in total. The fraction of sp³-hybridized carbons (Fsp3) is 0.0952. The largest absolute Gasteiger partial charge is 0.326 e. The Kier molecular flexibility index (Phi) is 5.05. The average Bonchev–Trinajstić information content (AvgIpc) is 3.16. The summed E-state index contributed by atoms with van der Waals surface area (Å²) >= 11 is 6.52. The molecule has 2 heterocycles. The van der Waals surface area contributed by atoms with E-state index in [-0.39, 0.29) is 5.91 Å². The van der Waals surface area contributed by atoms with Crippen LogP contribution in [0.4, 0.5) is 10.5 Å². The maximum atomic E-state index is 13.1. The van der Waals surface area contributed by atoms with Crippen LogP contribution < -0.4 is 16.0 Å². The Morgan fingerprint density at radius 3 is 2.79 bits per heavy atom. The fourth-order valence-electron chi connectivity index (χ4n) is 3.21. The van der Waals surface area contributed by atoms with Crippen molar-refractivity contribution in [1.29, 1.82) is 0 Å². The Balaban J connectivity index is 1.64. The molecule has 8 heteroatoms. The molecule has 0 radical (unpaired) electrons. The third-order valence-corrected chi connectivity index (χ3v) is 4.92. The van der Waals surface area contributed by atoms with E-state index in [4.69, 9.17) is 11.6 Å². The summed E-state index contributed by atoms with van der Waals surface area (Å²) in [5.41, 5.74) is 3.14. The molecule has 1 atom stereocenters. The molecule has 0 bridgehead atoms. The van der Waals surface area contributed by atoms with Crippen molar-refractivity contribution < 1.29 is 9.59 Å². The third-order valence-electron chi connectivity index (χ3n) is 4.59. The van der Waals surface area contributed by atoms with Crippen molar-refractivity contribution in [2.75, 3.05) is 5.32 Å². The van der Waals surface area contributed by atoms with Crippen molar-refractivity contribution in [1.82, 2.24) is 20.8 Å². The van der Waals surface area contributed by atoms with Crippen LogP contribution in [-0.4, -0.2) is 28.2 Å². The van der Waals surface area contributed by atoms with Gasteiger partial charge in [-0.1, -0.05) is 41.9 Å². The second kappa shape index (κ2) is 7.81. The van der Waals surface area contributed by atoms with Crippen LogP contribution in [0.3, 0.4) is 0 Å². The zero-order chi connectivity index (χ0) is 20.4. The fourth-order valence-corrected chi connectivity index (χ4v) is 3.50. The molecule has 0 saturated heterocycles. The summed E-state index contributed by atoms with van der Waals surface area (Å²) < 4.78 is 0. The van der Waals surface area contributed by atoms with Crippen LogP contribution in [0.15, 0.2) is 71.0 Å². The van der Waals surface area contributed by atoms with Gasteiger partial charge in [-0.3, -0.25) is 9.89 Å². The molecule has 4 rings (SSSR count). The van der Waals surface area contributed by atoms with Gasteiger partial charge in [-0.05, 0) is 36.8 Å². The monoisotopic (exact) mass is 407 g/mol. The molecule has 0 fully saturated rings. The number of halogens is 1. The second-order valence-electron chi connectivity index (χ2n) is 6.64. The first-order chi connectivity index (χ1) is 14.0. The summed E-state index contributed by atoms with van der Waals surface area (Å²) in [5.74, 6) is -0.359. The third kappa shape index (κ3) is 4.00. The van der Waals surface area contributed by atoms with Crippen LogP contribution in [0, 0.1) is 0 Å². The van der Waals surface area contributed by atoms with E-state index in [2.05, 4.69) is 26.1 Å². The number of nitrogens with zero attached hydrogens (tertiary/aromatic N) is 1. The SMILES string of the molecule is CC1=C(C(=O)Nc2ccc3[nH]ncc3c2)C(C(Cl)=Cc2ccccc2)NC(=O)N1. The molecule has 1 aliphatic rings. The van der Waals surface area contributed by atoms with E-state index in [1.165, 1.54) is 0 Å². The predicted octanol–water partition coefficient (Wildman–Crippen LogP) is 3.74. The Bertz CT molecular complexity index is 1150. The number of anilines is 1. The quantitative estimate of drug-likeness (QED) is 0.530. The summed E-state index contributed by atoms with van der Waals surface area (Å²) in [7, 11) is 0. The van der Waals surface area contributed by atoms with Crippen LogP contribution in [0.25, 0.3) is 17.0 Å². The summed E-state index contributed by atoms with van der Waals surface area (Å²) in [6.45, 7) is 1.67. The van der Waals surface area contributed by atoms with Gasteiger partial charge in [0.15, 0.2) is 0 Å². The standard InChI is InChI=1S/C21H18ClN5O2/c1-12-18(20(28)25-15-7-8-17-14(10-15)11-23-27-17)19(26-21(29)24-12)16(22)9-13-5-3-2-4-6-13/h2-11,19H,1H3,(H,23,27)(H,25,28)(H2,24,26,29). The highest BCUT2D eigenvalue weighted by Crippen LogP contribution is 2.25. The van der Waals surface area contributed by atoms with Crippen LogP contribution in [0.2, 0.25) is 0 Å². The van der Waals surface area contributed by atoms with Crippen molar-refractivity contribution in [3.63, 3.8) is 0 Å². The molecular weight excluding hydrogens is 390 g/mol. The Labute approximate surface area is 171 Å². The number of nitrogens with one attached hydrogen (secondary N) is 4. The smallest absolute Gasteiger partial charge is 0.319 e. The summed E-state index contributed by atoms with van der Waals surface area (Å²) in [4.78, 5) is 25.1. The predicted molar refractivity (Wildman–Crippen MR) is 113 cm³/mol. The second-order valence-corrected chi connectivity index (χ2v) is 7.07. The highest BCUT2D eigenvalue weighted by atomic mass is 35.5. The zero-order valence-corrected chi connectivity index (χ0v) is 16.2. The molecule has 4 N–H and O–H groups in total. The highest BCUT2D eigenvalue weighted by molar-refractivity contribution is 6.33. The van der Waals surface area contributed by atoms with Crippen LogP contribution in [0.5, 0.6) is 0 Å². The van der Waals surface area contributed by atoms with Crippen molar-refractivity contribution >= 4 is 46.2 Å². The Hall–Kier alpha value is -3.58. The maximum absolute atomic E-state index is 13.1.